The maximum atomic E-state index is 13.4. The van der Waals surface area contributed by atoms with Gasteiger partial charge in [-0.3, -0.25) is 0 Å². The molecule has 0 aliphatic carbocycles. The molecule has 0 unspecified atom stereocenters. The van der Waals surface area contributed by atoms with Crippen LogP contribution in [-0.2, 0) is 9.31 Å². The van der Waals surface area contributed by atoms with E-state index in [0.717, 1.165) is 36.7 Å². The first-order valence-electron chi connectivity index (χ1n) is 8.96. The molecule has 2 aromatic rings. The first-order chi connectivity index (χ1) is 12.2. The van der Waals surface area contributed by atoms with Crippen LogP contribution in [0.3, 0.4) is 0 Å². The smallest absolute Gasteiger partial charge is 0.407 e. The maximum absolute atomic E-state index is 13.4. The van der Waals surface area contributed by atoms with Crippen molar-refractivity contribution in [3.8, 4) is 11.1 Å². The molecule has 132 valence electrons. The second-order valence-corrected chi connectivity index (χ2v) is 6.61. The van der Waals surface area contributed by atoms with Gasteiger partial charge in [0.15, 0.2) is 11.6 Å². The van der Waals surface area contributed by atoms with E-state index in [1.54, 1.807) is 6.07 Å². The Bertz CT molecular complexity index is 683. The van der Waals surface area contributed by atoms with Gasteiger partial charge in [-0.05, 0) is 35.1 Å². The molecule has 2 aromatic carbocycles. The van der Waals surface area contributed by atoms with Gasteiger partial charge in [0.25, 0.3) is 0 Å². The van der Waals surface area contributed by atoms with E-state index in [1.165, 1.54) is 25.3 Å². The van der Waals surface area contributed by atoms with E-state index < -0.39 is 11.6 Å². The molecule has 0 aromatic heterocycles. The third-order valence-electron chi connectivity index (χ3n) is 4.62. The average molecular weight is 344 g/mol. The molecule has 3 rings (SSSR count). The molecule has 0 spiro atoms. The van der Waals surface area contributed by atoms with Gasteiger partial charge in [0.1, 0.15) is 0 Å². The largest absolute Gasteiger partial charge is 0.493 e. The quantitative estimate of drug-likeness (QED) is 0.565. The number of benzene rings is 2. The molecule has 1 heterocycles. The first kappa shape index (κ1) is 18.1. The average Bonchev–Trinajstić information content (AvgIpc) is 2.65. The van der Waals surface area contributed by atoms with E-state index in [1.807, 2.05) is 24.3 Å². The summed E-state index contributed by atoms with van der Waals surface area (Å²) in [6.07, 6.45) is 4.85. The number of hydrogen-bond acceptors (Lipinski definition) is 2. The van der Waals surface area contributed by atoms with Crippen LogP contribution < -0.4 is 5.46 Å². The molecule has 0 amide bonds. The highest BCUT2D eigenvalue weighted by atomic mass is 19.2. The lowest BCUT2D eigenvalue weighted by Gasteiger charge is -2.27. The maximum Gasteiger partial charge on any atom is 0.493 e. The van der Waals surface area contributed by atoms with Gasteiger partial charge in [0.2, 0.25) is 0 Å². The summed E-state index contributed by atoms with van der Waals surface area (Å²) in [6, 6.07) is 11.5. The standard InChI is InChI=1S/C20H23BF2O2/c1-2-3-4-5-15-13-24-21(25-14-15)18-9-6-16(7-10-18)17-8-11-19(22)20(23)12-17/h6-12,15H,2-5,13-14H2,1H3. The van der Waals surface area contributed by atoms with E-state index >= 15 is 0 Å². The lowest BCUT2D eigenvalue weighted by molar-refractivity contribution is 0.0811. The minimum absolute atomic E-state index is 0.346. The van der Waals surface area contributed by atoms with E-state index in [4.69, 9.17) is 9.31 Å². The highest BCUT2D eigenvalue weighted by Gasteiger charge is 2.28. The minimum atomic E-state index is -0.838. The van der Waals surface area contributed by atoms with Crippen LogP contribution in [0.4, 0.5) is 8.78 Å². The van der Waals surface area contributed by atoms with Crippen molar-refractivity contribution in [2.24, 2.45) is 5.92 Å². The summed E-state index contributed by atoms with van der Waals surface area (Å²) in [6.45, 7) is 3.65. The normalized spacial score (nSPS) is 15.6. The molecule has 25 heavy (non-hydrogen) atoms. The Morgan fingerprint density at radius 2 is 1.60 bits per heavy atom. The Hall–Kier alpha value is -1.72. The number of halogens is 2. The van der Waals surface area contributed by atoms with Crippen molar-refractivity contribution in [2.45, 2.75) is 32.6 Å². The predicted octanol–water partition coefficient (Wildman–Crippen LogP) is 4.57. The highest BCUT2D eigenvalue weighted by Crippen LogP contribution is 2.21. The van der Waals surface area contributed by atoms with Crippen molar-refractivity contribution in [1.29, 1.82) is 0 Å². The third-order valence-corrected chi connectivity index (χ3v) is 4.62. The fraction of sp³-hybridized carbons (Fsp3) is 0.400. The van der Waals surface area contributed by atoms with Crippen LogP contribution >= 0.6 is 0 Å². The molecular weight excluding hydrogens is 321 g/mol. The topological polar surface area (TPSA) is 18.5 Å². The second kappa shape index (κ2) is 8.59. The Kier molecular flexibility index (Phi) is 6.21. The zero-order valence-corrected chi connectivity index (χ0v) is 14.5. The summed E-state index contributed by atoms with van der Waals surface area (Å²) < 4.78 is 38.1. The molecule has 1 saturated heterocycles. The molecule has 0 N–H and O–H groups in total. The Morgan fingerprint density at radius 1 is 0.920 bits per heavy atom. The SMILES string of the molecule is CCCCCC1COB(c2ccc(-c3ccc(F)c(F)c3)cc2)OC1. The molecule has 0 bridgehead atoms. The van der Waals surface area contributed by atoms with Crippen LogP contribution in [0.25, 0.3) is 11.1 Å². The molecule has 0 atom stereocenters. The Morgan fingerprint density at radius 3 is 2.24 bits per heavy atom. The van der Waals surface area contributed by atoms with Gasteiger partial charge in [-0.25, -0.2) is 8.78 Å². The van der Waals surface area contributed by atoms with Crippen LogP contribution in [0, 0.1) is 17.6 Å². The van der Waals surface area contributed by atoms with Gasteiger partial charge >= 0.3 is 7.12 Å². The van der Waals surface area contributed by atoms with Crippen molar-refractivity contribution >= 4 is 12.6 Å². The molecule has 0 saturated carbocycles. The summed E-state index contributed by atoms with van der Waals surface area (Å²) in [5.74, 6) is -1.20. The van der Waals surface area contributed by atoms with Crippen molar-refractivity contribution < 1.29 is 18.1 Å². The van der Waals surface area contributed by atoms with Crippen LogP contribution in [0.15, 0.2) is 42.5 Å². The molecule has 5 heteroatoms. The van der Waals surface area contributed by atoms with Gasteiger partial charge in [-0.15, -0.1) is 0 Å². The lowest BCUT2D eigenvalue weighted by Crippen LogP contribution is -2.44. The number of hydrogen-bond donors (Lipinski definition) is 0. The van der Waals surface area contributed by atoms with Crippen molar-refractivity contribution in [3.63, 3.8) is 0 Å². The van der Waals surface area contributed by atoms with Crippen LogP contribution in [0.5, 0.6) is 0 Å². The fourth-order valence-electron chi connectivity index (χ4n) is 3.09. The first-order valence-corrected chi connectivity index (χ1v) is 8.96. The summed E-state index contributed by atoms with van der Waals surface area (Å²) in [7, 11) is -0.346. The van der Waals surface area contributed by atoms with Gasteiger partial charge < -0.3 is 9.31 Å². The van der Waals surface area contributed by atoms with E-state index in [-0.39, 0.29) is 7.12 Å². The summed E-state index contributed by atoms with van der Waals surface area (Å²) in [5.41, 5.74) is 2.42. The molecule has 2 nitrogen and oxygen atoms in total. The zero-order chi connectivity index (χ0) is 17.6. The molecular formula is C20H23BF2O2. The summed E-state index contributed by atoms with van der Waals surface area (Å²) in [4.78, 5) is 0. The third kappa shape index (κ3) is 4.68. The van der Waals surface area contributed by atoms with Crippen molar-refractivity contribution in [2.75, 3.05) is 13.2 Å². The van der Waals surface area contributed by atoms with Crippen LogP contribution in [0.1, 0.15) is 32.6 Å². The van der Waals surface area contributed by atoms with E-state index in [0.29, 0.717) is 11.5 Å². The van der Waals surface area contributed by atoms with Gasteiger partial charge in [0, 0.05) is 19.1 Å². The van der Waals surface area contributed by atoms with Gasteiger partial charge in [0.05, 0.1) is 0 Å². The molecule has 1 aliphatic heterocycles. The number of unbranched alkanes of at least 4 members (excludes halogenated alkanes) is 2. The van der Waals surface area contributed by atoms with Crippen LogP contribution in [0.2, 0.25) is 0 Å². The molecule has 1 aliphatic rings. The van der Waals surface area contributed by atoms with Crippen molar-refractivity contribution in [1.82, 2.24) is 0 Å². The minimum Gasteiger partial charge on any atom is -0.407 e. The van der Waals surface area contributed by atoms with Crippen molar-refractivity contribution in [3.05, 3.63) is 54.1 Å². The Labute approximate surface area is 148 Å². The monoisotopic (exact) mass is 344 g/mol. The summed E-state index contributed by atoms with van der Waals surface area (Å²) >= 11 is 0. The van der Waals surface area contributed by atoms with E-state index in [9.17, 15) is 8.78 Å². The summed E-state index contributed by atoms with van der Waals surface area (Å²) in [5, 5.41) is 0. The predicted molar refractivity (Wildman–Crippen MR) is 96.7 cm³/mol. The van der Waals surface area contributed by atoms with Gasteiger partial charge in [-0.1, -0.05) is 56.5 Å². The Balaban J connectivity index is 1.59. The van der Waals surface area contributed by atoms with Crippen LogP contribution in [-0.4, -0.2) is 20.3 Å². The molecule has 0 radical (unpaired) electrons. The highest BCUT2D eigenvalue weighted by molar-refractivity contribution is 6.61. The zero-order valence-electron chi connectivity index (χ0n) is 14.5. The number of rotatable bonds is 6. The second-order valence-electron chi connectivity index (χ2n) is 6.61. The lowest BCUT2D eigenvalue weighted by atomic mass is 9.76. The van der Waals surface area contributed by atoms with Gasteiger partial charge in [-0.2, -0.15) is 0 Å². The molecule has 1 fully saturated rings. The van der Waals surface area contributed by atoms with E-state index in [2.05, 4.69) is 6.92 Å². The fourth-order valence-corrected chi connectivity index (χ4v) is 3.09.